The Morgan fingerprint density at radius 1 is 1.08 bits per heavy atom. The number of rotatable bonds is 5. The molecule has 136 valence electrons. The number of aromatic nitrogens is 1. The zero-order valence-electron chi connectivity index (χ0n) is 14.5. The van der Waals surface area contributed by atoms with Crippen molar-refractivity contribution in [3.63, 3.8) is 0 Å². The summed E-state index contributed by atoms with van der Waals surface area (Å²) in [7, 11) is -3.76. The molecule has 0 aliphatic rings. The van der Waals surface area contributed by atoms with Crippen LogP contribution in [0.3, 0.4) is 0 Å². The smallest absolute Gasteiger partial charge is 0.251 e. The molecule has 7 heteroatoms. The fourth-order valence-electron chi connectivity index (χ4n) is 2.80. The molecule has 0 spiro atoms. The van der Waals surface area contributed by atoms with Crippen LogP contribution in [0, 0.1) is 19.7 Å². The van der Waals surface area contributed by atoms with Gasteiger partial charge in [0.25, 0.3) is 5.56 Å². The van der Waals surface area contributed by atoms with Crippen molar-refractivity contribution in [1.29, 1.82) is 0 Å². The molecule has 2 N–H and O–H groups in total. The highest BCUT2D eigenvalue weighted by atomic mass is 32.2. The van der Waals surface area contributed by atoms with Gasteiger partial charge in [0.2, 0.25) is 10.0 Å². The Hall–Kier alpha value is -2.51. The van der Waals surface area contributed by atoms with Crippen LogP contribution < -0.4 is 10.3 Å². The third-order valence-electron chi connectivity index (χ3n) is 4.29. The number of aryl methyl sites for hydroxylation is 2. The molecule has 0 saturated heterocycles. The highest BCUT2D eigenvalue weighted by Gasteiger charge is 2.15. The Morgan fingerprint density at radius 3 is 2.58 bits per heavy atom. The number of para-hydroxylation sites is 1. The number of aromatic amines is 1. The third-order valence-corrected chi connectivity index (χ3v) is 5.75. The molecule has 0 saturated carbocycles. The van der Waals surface area contributed by atoms with Gasteiger partial charge in [-0.2, -0.15) is 0 Å². The largest absolute Gasteiger partial charge is 0.321 e. The first-order valence-electron chi connectivity index (χ1n) is 8.15. The monoisotopic (exact) mass is 374 g/mol. The number of pyridine rings is 1. The van der Waals surface area contributed by atoms with Crippen molar-refractivity contribution in [2.75, 3.05) is 6.54 Å². The molecule has 0 aliphatic carbocycles. The number of nitrogens with one attached hydrogen (secondary N) is 2. The molecule has 0 unspecified atom stereocenters. The molecule has 0 amide bonds. The van der Waals surface area contributed by atoms with Crippen molar-refractivity contribution < 1.29 is 12.8 Å². The highest BCUT2D eigenvalue weighted by molar-refractivity contribution is 7.89. The molecule has 3 rings (SSSR count). The summed E-state index contributed by atoms with van der Waals surface area (Å²) < 4.78 is 40.4. The summed E-state index contributed by atoms with van der Waals surface area (Å²) >= 11 is 0. The summed E-state index contributed by atoms with van der Waals surface area (Å²) in [5.41, 5.74) is 2.28. The van der Waals surface area contributed by atoms with Crippen LogP contribution in [0.5, 0.6) is 0 Å². The molecule has 26 heavy (non-hydrogen) atoms. The molecular weight excluding hydrogens is 355 g/mol. The topological polar surface area (TPSA) is 79.0 Å². The fourth-order valence-corrected chi connectivity index (χ4v) is 3.92. The van der Waals surface area contributed by atoms with Crippen LogP contribution >= 0.6 is 0 Å². The SMILES string of the molecule is Cc1cc(S(=O)(=O)NCCc2cc3cccc(C)c3[nH]c2=O)ccc1F. The first-order chi connectivity index (χ1) is 12.3. The van der Waals surface area contributed by atoms with E-state index in [9.17, 15) is 17.6 Å². The standard InChI is InChI=1S/C19H19FN2O3S/c1-12-4-3-5-14-11-15(19(23)22-18(12)14)8-9-21-26(24,25)16-6-7-17(20)13(2)10-16/h3-7,10-11,21H,8-9H2,1-2H3,(H,22,23). The molecule has 0 aliphatic heterocycles. The Bertz CT molecular complexity index is 1140. The zero-order chi connectivity index (χ0) is 18.9. The molecule has 2 aromatic carbocycles. The maximum absolute atomic E-state index is 13.3. The van der Waals surface area contributed by atoms with Crippen molar-refractivity contribution >= 4 is 20.9 Å². The lowest BCUT2D eigenvalue weighted by atomic mass is 10.1. The minimum absolute atomic E-state index is 0.000513. The number of H-pyrrole nitrogens is 1. The molecule has 0 bridgehead atoms. The van der Waals surface area contributed by atoms with E-state index in [0.29, 0.717) is 5.56 Å². The molecule has 0 radical (unpaired) electrons. The predicted octanol–water partition coefficient (Wildman–Crippen LogP) is 2.81. The van der Waals surface area contributed by atoms with Gasteiger partial charge in [-0.15, -0.1) is 0 Å². The Morgan fingerprint density at radius 2 is 1.85 bits per heavy atom. The Labute approximate surface area is 150 Å². The predicted molar refractivity (Wildman–Crippen MR) is 99.3 cm³/mol. The summed E-state index contributed by atoms with van der Waals surface area (Å²) in [6, 6.07) is 11.1. The van der Waals surface area contributed by atoms with Gasteiger partial charge < -0.3 is 4.98 Å². The van der Waals surface area contributed by atoms with Gasteiger partial charge in [0, 0.05) is 12.1 Å². The molecule has 0 atom stereocenters. The lowest BCUT2D eigenvalue weighted by molar-refractivity contribution is 0.580. The van der Waals surface area contributed by atoms with Gasteiger partial charge in [-0.25, -0.2) is 17.5 Å². The maximum atomic E-state index is 13.3. The first kappa shape index (κ1) is 18.3. The van der Waals surface area contributed by atoms with Crippen molar-refractivity contribution in [1.82, 2.24) is 9.71 Å². The first-order valence-corrected chi connectivity index (χ1v) is 9.63. The average molecular weight is 374 g/mol. The zero-order valence-corrected chi connectivity index (χ0v) is 15.3. The second kappa shape index (κ2) is 7.01. The summed E-state index contributed by atoms with van der Waals surface area (Å²) in [4.78, 5) is 15.1. The molecule has 3 aromatic rings. The quantitative estimate of drug-likeness (QED) is 0.721. The van der Waals surface area contributed by atoms with Crippen LogP contribution in [0.4, 0.5) is 4.39 Å². The summed E-state index contributed by atoms with van der Waals surface area (Å²) in [6.07, 6.45) is 0.249. The Balaban J connectivity index is 1.77. The fraction of sp³-hybridized carbons (Fsp3) is 0.211. The number of sulfonamides is 1. The molecule has 5 nitrogen and oxygen atoms in total. The third kappa shape index (κ3) is 3.68. The summed E-state index contributed by atoms with van der Waals surface area (Å²) in [5.74, 6) is -0.457. The van der Waals surface area contributed by atoms with Gasteiger partial charge in [-0.05, 0) is 61.0 Å². The number of hydrogen-bond donors (Lipinski definition) is 2. The normalized spacial score (nSPS) is 11.8. The van der Waals surface area contributed by atoms with E-state index in [-0.39, 0.29) is 29.0 Å². The van der Waals surface area contributed by atoms with E-state index >= 15 is 0 Å². The van der Waals surface area contributed by atoms with E-state index in [4.69, 9.17) is 0 Å². The second-order valence-electron chi connectivity index (χ2n) is 6.22. The van der Waals surface area contributed by atoms with Gasteiger partial charge in [0.05, 0.1) is 10.4 Å². The van der Waals surface area contributed by atoms with Crippen LogP contribution in [0.15, 0.2) is 52.2 Å². The summed E-state index contributed by atoms with van der Waals surface area (Å²) in [6.45, 7) is 3.49. The van der Waals surface area contributed by atoms with Gasteiger partial charge in [0.1, 0.15) is 5.82 Å². The van der Waals surface area contributed by atoms with Crippen LogP contribution in [0.2, 0.25) is 0 Å². The van der Waals surface area contributed by atoms with E-state index in [2.05, 4.69) is 9.71 Å². The lowest BCUT2D eigenvalue weighted by Crippen LogP contribution is -2.27. The van der Waals surface area contributed by atoms with Crippen molar-refractivity contribution in [2.45, 2.75) is 25.2 Å². The average Bonchev–Trinajstić information content (AvgIpc) is 2.58. The minimum Gasteiger partial charge on any atom is -0.321 e. The highest BCUT2D eigenvalue weighted by Crippen LogP contribution is 2.16. The van der Waals surface area contributed by atoms with Gasteiger partial charge >= 0.3 is 0 Å². The van der Waals surface area contributed by atoms with Crippen molar-refractivity contribution in [2.24, 2.45) is 0 Å². The van der Waals surface area contributed by atoms with E-state index in [1.54, 1.807) is 6.07 Å². The van der Waals surface area contributed by atoms with Gasteiger partial charge in [-0.1, -0.05) is 18.2 Å². The van der Waals surface area contributed by atoms with Crippen LogP contribution in [-0.4, -0.2) is 19.9 Å². The number of halogens is 1. The van der Waals surface area contributed by atoms with Gasteiger partial charge in [-0.3, -0.25) is 4.79 Å². The molecule has 1 aromatic heterocycles. The number of fused-ring (bicyclic) bond motifs is 1. The molecule has 0 fully saturated rings. The van der Waals surface area contributed by atoms with E-state index in [1.165, 1.54) is 19.1 Å². The van der Waals surface area contributed by atoms with Gasteiger partial charge in [0.15, 0.2) is 0 Å². The van der Waals surface area contributed by atoms with E-state index < -0.39 is 15.8 Å². The number of hydrogen-bond acceptors (Lipinski definition) is 3. The Kier molecular flexibility index (Phi) is 4.93. The molecule has 1 heterocycles. The second-order valence-corrected chi connectivity index (χ2v) is 7.99. The van der Waals surface area contributed by atoms with Crippen LogP contribution in [-0.2, 0) is 16.4 Å². The lowest BCUT2D eigenvalue weighted by Gasteiger charge is -2.09. The van der Waals surface area contributed by atoms with Crippen LogP contribution in [0.1, 0.15) is 16.7 Å². The van der Waals surface area contributed by atoms with Crippen LogP contribution in [0.25, 0.3) is 10.9 Å². The van der Waals surface area contributed by atoms with Crippen molar-refractivity contribution in [3.8, 4) is 0 Å². The molecular formula is C19H19FN2O3S. The maximum Gasteiger partial charge on any atom is 0.251 e. The van der Waals surface area contributed by atoms with Crippen molar-refractivity contribution in [3.05, 3.63) is 75.3 Å². The summed E-state index contributed by atoms with van der Waals surface area (Å²) in [5, 5.41) is 0.900. The number of benzene rings is 2. The van der Waals surface area contributed by atoms with E-state index in [1.807, 2.05) is 25.1 Å². The van der Waals surface area contributed by atoms with E-state index in [0.717, 1.165) is 22.5 Å². The minimum atomic E-state index is -3.76.